The molecule has 0 aromatic rings. The molecule has 0 radical (unpaired) electrons. The fourth-order valence-electron chi connectivity index (χ4n) is 8.97. The number of rotatable bonds is 2. The lowest BCUT2D eigenvalue weighted by molar-refractivity contribution is -0.0345. The van der Waals surface area contributed by atoms with Gasteiger partial charge >= 0.3 is 0 Å². The summed E-state index contributed by atoms with van der Waals surface area (Å²) in [4.78, 5) is 5.67. The molecule has 10 unspecified atom stereocenters. The van der Waals surface area contributed by atoms with E-state index in [9.17, 15) is 0 Å². The lowest BCUT2D eigenvalue weighted by Crippen LogP contribution is -2.63. The SMILES string of the molecule is CC1CC(C2CN3CCC(C4CN5CCCC(C)C45)=CC3CC2C)NC2CCCC12. The highest BCUT2D eigenvalue weighted by Gasteiger charge is 2.48. The van der Waals surface area contributed by atoms with Crippen molar-refractivity contribution in [1.29, 1.82) is 0 Å². The Morgan fingerprint density at radius 1 is 0.800 bits per heavy atom. The highest BCUT2D eigenvalue weighted by molar-refractivity contribution is 5.23. The second kappa shape index (κ2) is 7.89. The average Bonchev–Trinajstić information content (AvgIpc) is 3.18. The van der Waals surface area contributed by atoms with Gasteiger partial charge in [0.25, 0.3) is 0 Å². The number of fused-ring (bicyclic) bond motifs is 3. The third-order valence-corrected chi connectivity index (χ3v) is 10.7. The Labute approximate surface area is 185 Å². The van der Waals surface area contributed by atoms with Crippen molar-refractivity contribution in [3.63, 3.8) is 0 Å². The summed E-state index contributed by atoms with van der Waals surface area (Å²) >= 11 is 0. The molecule has 0 aromatic heterocycles. The van der Waals surface area contributed by atoms with Gasteiger partial charge in [-0.1, -0.05) is 38.8 Å². The van der Waals surface area contributed by atoms with Gasteiger partial charge in [-0.15, -0.1) is 0 Å². The van der Waals surface area contributed by atoms with Crippen LogP contribution >= 0.6 is 0 Å². The zero-order chi connectivity index (χ0) is 20.4. The second-order valence-electron chi connectivity index (χ2n) is 12.3. The molecule has 0 bridgehead atoms. The molecule has 10 atom stereocenters. The quantitative estimate of drug-likeness (QED) is 0.673. The molecular formula is C27H45N3. The number of hydrogen-bond donors (Lipinski definition) is 1. The molecule has 1 saturated carbocycles. The molecule has 4 saturated heterocycles. The Morgan fingerprint density at radius 3 is 2.53 bits per heavy atom. The van der Waals surface area contributed by atoms with E-state index >= 15 is 0 Å². The van der Waals surface area contributed by atoms with E-state index < -0.39 is 0 Å². The van der Waals surface area contributed by atoms with E-state index in [1.165, 1.54) is 77.5 Å². The third kappa shape index (κ3) is 3.33. The van der Waals surface area contributed by atoms with Crippen molar-refractivity contribution in [2.75, 3.05) is 26.2 Å². The van der Waals surface area contributed by atoms with Gasteiger partial charge in [0.15, 0.2) is 0 Å². The van der Waals surface area contributed by atoms with Gasteiger partial charge in [0.1, 0.15) is 0 Å². The van der Waals surface area contributed by atoms with Crippen LogP contribution in [0.1, 0.15) is 72.1 Å². The molecule has 6 rings (SSSR count). The first-order valence-electron chi connectivity index (χ1n) is 13.5. The van der Waals surface area contributed by atoms with E-state index in [2.05, 4.69) is 42.0 Å². The molecule has 168 valence electrons. The number of nitrogens with zero attached hydrogens (tertiary/aromatic N) is 2. The topological polar surface area (TPSA) is 18.5 Å². The molecule has 0 amide bonds. The standard InChI is InChI=1S/C27H45N3/c1-17-6-5-10-30-16-24(27(17)30)20-9-11-29-15-23(18(2)12-21(29)14-20)26-13-19(3)22-7-4-8-25(22)28-26/h14,17-19,21-28H,4-13,15-16H2,1-3H3. The minimum Gasteiger partial charge on any atom is -0.311 e. The molecule has 3 heteroatoms. The van der Waals surface area contributed by atoms with Crippen LogP contribution in [0, 0.1) is 35.5 Å². The maximum Gasteiger partial charge on any atom is 0.0283 e. The van der Waals surface area contributed by atoms with Gasteiger partial charge < -0.3 is 5.32 Å². The van der Waals surface area contributed by atoms with E-state index in [4.69, 9.17) is 0 Å². The molecule has 30 heavy (non-hydrogen) atoms. The lowest BCUT2D eigenvalue weighted by atomic mass is 9.68. The summed E-state index contributed by atoms with van der Waals surface area (Å²) < 4.78 is 0. The predicted molar refractivity (Wildman–Crippen MR) is 124 cm³/mol. The van der Waals surface area contributed by atoms with Gasteiger partial charge in [-0.05, 0) is 81.1 Å². The van der Waals surface area contributed by atoms with Gasteiger partial charge in [-0.2, -0.15) is 0 Å². The molecule has 5 aliphatic heterocycles. The zero-order valence-corrected chi connectivity index (χ0v) is 19.7. The normalized spacial score (nSPS) is 52.0. The summed E-state index contributed by atoms with van der Waals surface area (Å²) in [6, 6.07) is 3.20. The minimum atomic E-state index is 0.730. The minimum absolute atomic E-state index is 0.730. The molecule has 1 aliphatic carbocycles. The maximum atomic E-state index is 4.18. The van der Waals surface area contributed by atoms with Crippen molar-refractivity contribution < 1.29 is 0 Å². The van der Waals surface area contributed by atoms with Crippen LogP contribution in [0.3, 0.4) is 0 Å². The molecule has 3 nitrogen and oxygen atoms in total. The number of nitrogens with one attached hydrogen (secondary N) is 1. The maximum absolute atomic E-state index is 4.18. The van der Waals surface area contributed by atoms with Crippen molar-refractivity contribution in [1.82, 2.24) is 15.1 Å². The van der Waals surface area contributed by atoms with Gasteiger partial charge in [-0.25, -0.2) is 0 Å². The fraction of sp³-hybridized carbons (Fsp3) is 0.926. The van der Waals surface area contributed by atoms with Crippen LogP contribution in [0.25, 0.3) is 0 Å². The molecule has 1 N–H and O–H groups in total. The van der Waals surface area contributed by atoms with E-state index in [0.29, 0.717) is 0 Å². The van der Waals surface area contributed by atoms with Crippen molar-refractivity contribution >= 4 is 0 Å². The Morgan fingerprint density at radius 2 is 1.67 bits per heavy atom. The number of hydrogen-bond acceptors (Lipinski definition) is 3. The van der Waals surface area contributed by atoms with Gasteiger partial charge in [-0.3, -0.25) is 9.80 Å². The highest BCUT2D eigenvalue weighted by atomic mass is 15.2. The van der Waals surface area contributed by atoms with Crippen molar-refractivity contribution in [2.24, 2.45) is 35.5 Å². The third-order valence-electron chi connectivity index (χ3n) is 10.7. The Balaban J connectivity index is 1.12. The summed E-state index contributed by atoms with van der Waals surface area (Å²) in [5.41, 5.74) is 1.84. The summed E-state index contributed by atoms with van der Waals surface area (Å²) in [6.45, 7) is 13.0. The summed E-state index contributed by atoms with van der Waals surface area (Å²) in [5.74, 6) is 5.41. The van der Waals surface area contributed by atoms with Gasteiger partial charge in [0.2, 0.25) is 0 Å². The van der Waals surface area contributed by atoms with E-state index in [-0.39, 0.29) is 0 Å². The van der Waals surface area contributed by atoms with E-state index in [0.717, 1.165) is 59.7 Å². The van der Waals surface area contributed by atoms with Crippen LogP contribution in [0.5, 0.6) is 0 Å². The lowest BCUT2D eigenvalue weighted by Gasteiger charge is -2.56. The molecule has 5 fully saturated rings. The first kappa shape index (κ1) is 20.2. The summed E-state index contributed by atoms with van der Waals surface area (Å²) in [5, 5.41) is 4.18. The highest BCUT2D eigenvalue weighted by Crippen LogP contribution is 2.45. The zero-order valence-electron chi connectivity index (χ0n) is 19.7. The summed E-state index contributed by atoms with van der Waals surface area (Å²) in [7, 11) is 0. The van der Waals surface area contributed by atoms with Gasteiger partial charge in [0, 0.05) is 49.7 Å². The van der Waals surface area contributed by atoms with Crippen LogP contribution in [-0.4, -0.2) is 60.1 Å². The number of piperidine rings is 3. The van der Waals surface area contributed by atoms with Gasteiger partial charge in [0.05, 0.1) is 0 Å². The monoisotopic (exact) mass is 411 g/mol. The largest absolute Gasteiger partial charge is 0.311 e. The Kier molecular flexibility index (Phi) is 5.32. The van der Waals surface area contributed by atoms with Crippen LogP contribution < -0.4 is 5.32 Å². The van der Waals surface area contributed by atoms with Crippen LogP contribution in [0.15, 0.2) is 11.6 Å². The molecule has 0 aromatic carbocycles. The molecular weight excluding hydrogens is 366 g/mol. The smallest absolute Gasteiger partial charge is 0.0283 e. The van der Waals surface area contributed by atoms with Crippen LogP contribution in [0.2, 0.25) is 0 Å². The average molecular weight is 412 g/mol. The van der Waals surface area contributed by atoms with E-state index in [1.54, 1.807) is 0 Å². The Hall–Kier alpha value is -0.380. The summed E-state index contributed by atoms with van der Waals surface area (Å²) in [6.07, 6.45) is 14.2. The van der Waals surface area contributed by atoms with E-state index in [1.807, 2.05) is 5.57 Å². The fourth-order valence-corrected chi connectivity index (χ4v) is 8.97. The molecule has 0 spiro atoms. The second-order valence-corrected chi connectivity index (χ2v) is 12.3. The van der Waals surface area contributed by atoms with Crippen LogP contribution in [0.4, 0.5) is 0 Å². The Bertz CT molecular complexity index is 667. The first-order valence-corrected chi connectivity index (χ1v) is 13.5. The molecule has 5 heterocycles. The van der Waals surface area contributed by atoms with Crippen molar-refractivity contribution in [3.8, 4) is 0 Å². The van der Waals surface area contributed by atoms with Crippen molar-refractivity contribution in [2.45, 2.75) is 96.3 Å². The van der Waals surface area contributed by atoms with Crippen LogP contribution in [-0.2, 0) is 0 Å². The predicted octanol–water partition coefficient (Wildman–Crippen LogP) is 4.54. The van der Waals surface area contributed by atoms with Crippen molar-refractivity contribution in [3.05, 3.63) is 11.6 Å². The first-order chi connectivity index (χ1) is 14.6. The molecule has 6 aliphatic rings.